The van der Waals surface area contributed by atoms with Crippen LogP contribution in [-0.4, -0.2) is 0 Å². The van der Waals surface area contributed by atoms with Crippen LogP contribution in [0.2, 0.25) is 0 Å². The summed E-state index contributed by atoms with van der Waals surface area (Å²) in [5, 5.41) is 19.2. The quantitative estimate of drug-likeness (QED) is 0.588. The second-order valence-corrected chi connectivity index (χ2v) is 5.12. The van der Waals surface area contributed by atoms with Gasteiger partial charge < -0.3 is 0 Å². The number of hydrogen-bond acceptors (Lipinski definition) is 2. The Labute approximate surface area is 121 Å². The van der Waals surface area contributed by atoms with Gasteiger partial charge in [0.2, 0.25) is 0 Å². The zero-order valence-electron chi connectivity index (χ0n) is 12.4. The number of nitriles is 2. The summed E-state index contributed by atoms with van der Waals surface area (Å²) in [6, 6.07) is 13.8. The molecule has 1 rings (SSSR count). The minimum absolute atomic E-state index is 0.601. The molecule has 0 amide bonds. The molecular weight excluding hydrogens is 244 g/mol. The van der Waals surface area contributed by atoms with Crippen LogP contribution in [0.3, 0.4) is 0 Å². The van der Waals surface area contributed by atoms with Gasteiger partial charge in [-0.2, -0.15) is 10.5 Å². The fourth-order valence-electron chi connectivity index (χ4n) is 1.96. The van der Waals surface area contributed by atoms with E-state index in [2.05, 4.69) is 17.9 Å². The molecule has 0 aliphatic carbocycles. The Balaban J connectivity index is 3.72. The Morgan fingerprint density at radius 3 is 1.95 bits per heavy atom. The number of hydrogen-bond donors (Lipinski definition) is 0. The number of nitrogens with zero attached hydrogens (tertiary/aromatic N) is 2. The molecular formula is C18H18N2. The smallest absolute Gasteiger partial charge is 0.194 e. The third-order valence-corrected chi connectivity index (χ3v) is 2.69. The van der Waals surface area contributed by atoms with Crippen LogP contribution in [0.5, 0.6) is 0 Å². The van der Waals surface area contributed by atoms with Crippen LogP contribution in [0, 0.1) is 28.1 Å². The monoisotopic (exact) mass is 262 g/mol. The summed E-state index contributed by atoms with van der Waals surface area (Å²) in [6.07, 6.45) is 1.70. The van der Waals surface area contributed by atoms with E-state index >= 15 is 0 Å². The zero-order chi connectivity index (χ0) is 15.2. The fraction of sp³-hybridized carbons (Fsp3) is 0.278. The van der Waals surface area contributed by atoms with E-state index in [1.807, 2.05) is 58.0 Å². The molecule has 0 fully saturated rings. The molecule has 2 heteroatoms. The Kier molecular flexibility index (Phi) is 5.10. The van der Waals surface area contributed by atoms with Crippen LogP contribution in [0.4, 0.5) is 0 Å². The van der Waals surface area contributed by atoms with Gasteiger partial charge in [-0.1, -0.05) is 35.9 Å². The van der Waals surface area contributed by atoms with Crippen molar-refractivity contribution in [2.45, 2.75) is 27.7 Å². The molecule has 0 spiro atoms. The Bertz CT molecular complexity index is 636. The summed E-state index contributed by atoms with van der Waals surface area (Å²) < 4.78 is 0. The molecule has 0 N–H and O–H groups in total. The van der Waals surface area contributed by atoms with Crippen molar-refractivity contribution in [2.75, 3.05) is 0 Å². The van der Waals surface area contributed by atoms with Gasteiger partial charge in [0.05, 0.1) is 12.1 Å². The van der Waals surface area contributed by atoms with E-state index in [4.69, 9.17) is 0 Å². The van der Waals surface area contributed by atoms with Crippen LogP contribution >= 0.6 is 0 Å². The topological polar surface area (TPSA) is 47.6 Å². The first kappa shape index (κ1) is 15.5. The molecule has 0 bridgehead atoms. The van der Waals surface area contributed by atoms with Crippen molar-refractivity contribution in [3.05, 3.63) is 58.8 Å². The van der Waals surface area contributed by atoms with E-state index in [-0.39, 0.29) is 0 Å². The second-order valence-electron chi connectivity index (χ2n) is 5.12. The summed E-state index contributed by atoms with van der Waals surface area (Å²) in [5.41, 5.74) is 5.18. The average molecular weight is 262 g/mol. The van der Waals surface area contributed by atoms with Crippen molar-refractivity contribution in [1.29, 1.82) is 10.5 Å². The summed E-state index contributed by atoms with van der Waals surface area (Å²) in [4.78, 5) is 0. The average Bonchev–Trinajstić information content (AvgIpc) is 2.43. The van der Waals surface area contributed by atoms with E-state index in [0.29, 0.717) is 5.57 Å². The lowest BCUT2D eigenvalue weighted by atomic mass is 9.78. The van der Waals surface area contributed by atoms with Gasteiger partial charge in [-0.25, -0.2) is 0 Å². The van der Waals surface area contributed by atoms with Gasteiger partial charge in [0.15, 0.2) is 5.41 Å². The van der Waals surface area contributed by atoms with E-state index in [1.54, 1.807) is 6.08 Å². The van der Waals surface area contributed by atoms with Crippen molar-refractivity contribution in [2.24, 2.45) is 5.41 Å². The van der Waals surface area contributed by atoms with Crippen LogP contribution in [0.25, 0.3) is 5.57 Å². The van der Waals surface area contributed by atoms with Gasteiger partial charge in [-0.3, -0.25) is 0 Å². The predicted molar refractivity (Wildman–Crippen MR) is 81.3 cm³/mol. The van der Waals surface area contributed by atoms with Crippen LogP contribution in [0.15, 0.2) is 53.3 Å². The molecule has 1 aromatic carbocycles. The molecule has 0 unspecified atom stereocenters. The Hall–Kier alpha value is -2.54. The lowest BCUT2D eigenvalue weighted by molar-refractivity contribution is 0.870. The first-order valence-corrected chi connectivity index (χ1v) is 6.44. The maximum Gasteiger partial charge on any atom is 0.194 e. The molecule has 1 aromatic rings. The molecule has 0 saturated heterocycles. The summed E-state index contributed by atoms with van der Waals surface area (Å²) in [6.45, 7) is 7.58. The standard InChI is InChI=1S/C18H18N2/c1-14(2)10-17(16-8-6-5-7-9-16)18(12-19,13-20)11-15(3)4/h5-9,11H,1-4H3. The summed E-state index contributed by atoms with van der Waals surface area (Å²) in [5.74, 6) is 0. The highest BCUT2D eigenvalue weighted by molar-refractivity contribution is 5.77. The van der Waals surface area contributed by atoms with Gasteiger partial charge in [0, 0.05) is 5.57 Å². The van der Waals surface area contributed by atoms with Crippen LogP contribution < -0.4 is 0 Å². The molecule has 0 radical (unpaired) electrons. The number of rotatable bonds is 3. The highest BCUT2D eigenvalue weighted by Gasteiger charge is 2.33. The van der Waals surface area contributed by atoms with Crippen molar-refractivity contribution in [3.8, 4) is 12.1 Å². The number of benzene rings is 1. The molecule has 0 heterocycles. The molecule has 0 aliphatic heterocycles. The van der Waals surface area contributed by atoms with E-state index in [1.165, 1.54) is 0 Å². The Morgan fingerprint density at radius 2 is 1.55 bits per heavy atom. The highest BCUT2D eigenvalue weighted by Crippen LogP contribution is 2.36. The van der Waals surface area contributed by atoms with Gasteiger partial charge in [-0.05, 0) is 44.9 Å². The first-order valence-electron chi connectivity index (χ1n) is 6.44. The van der Waals surface area contributed by atoms with Crippen molar-refractivity contribution >= 4 is 5.57 Å². The summed E-state index contributed by atoms with van der Waals surface area (Å²) in [7, 11) is 0. The molecule has 100 valence electrons. The first-order chi connectivity index (χ1) is 9.45. The maximum absolute atomic E-state index is 9.58. The van der Waals surface area contributed by atoms with Crippen molar-refractivity contribution < 1.29 is 0 Å². The summed E-state index contributed by atoms with van der Waals surface area (Å²) >= 11 is 0. The van der Waals surface area contributed by atoms with Gasteiger partial charge >= 0.3 is 0 Å². The van der Waals surface area contributed by atoms with Gasteiger partial charge in [0.1, 0.15) is 0 Å². The molecule has 2 nitrogen and oxygen atoms in total. The van der Waals surface area contributed by atoms with Crippen molar-refractivity contribution in [3.63, 3.8) is 0 Å². The highest BCUT2D eigenvalue weighted by atomic mass is 14.4. The van der Waals surface area contributed by atoms with Crippen LogP contribution in [0.1, 0.15) is 33.3 Å². The van der Waals surface area contributed by atoms with E-state index in [9.17, 15) is 10.5 Å². The normalized spacial score (nSPS) is 9.70. The zero-order valence-corrected chi connectivity index (χ0v) is 12.4. The third-order valence-electron chi connectivity index (χ3n) is 2.69. The van der Waals surface area contributed by atoms with Crippen LogP contribution in [-0.2, 0) is 0 Å². The lowest BCUT2D eigenvalue weighted by Crippen LogP contribution is -2.15. The second kappa shape index (κ2) is 6.58. The van der Waals surface area contributed by atoms with Gasteiger partial charge in [-0.15, -0.1) is 5.73 Å². The minimum Gasteiger partial charge on any atom is -0.196 e. The van der Waals surface area contributed by atoms with E-state index < -0.39 is 5.41 Å². The molecule has 0 atom stereocenters. The minimum atomic E-state index is -1.31. The molecule has 20 heavy (non-hydrogen) atoms. The molecule has 0 aromatic heterocycles. The number of allylic oxidation sites excluding steroid dienone is 3. The SMILES string of the molecule is CC(C)=C=C(c1ccccc1)C(C#N)(C#N)C=C(C)C. The maximum atomic E-state index is 9.58. The lowest BCUT2D eigenvalue weighted by Gasteiger charge is -2.18. The third kappa shape index (κ3) is 3.48. The van der Waals surface area contributed by atoms with Crippen molar-refractivity contribution in [1.82, 2.24) is 0 Å². The van der Waals surface area contributed by atoms with Gasteiger partial charge in [0.25, 0.3) is 0 Å². The van der Waals surface area contributed by atoms with E-state index in [0.717, 1.165) is 16.7 Å². The molecule has 0 aliphatic rings. The molecule has 0 saturated carbocycles. The Morgan fingerprint density at radius 1 is 1.00 bits per heavy atom. The fourth-order valence-corrected chi connectivity index (χ4v) is 1.96. The largest absolute Gasteiger partial charge is 0.196 e. The predicted octanol–water partition coefficient (Wildman–Crippen LogP) is 4.63.